The molecule has 6 heteroatoms. The minimum Gasteiger partial charge on any atom is -0.490 e. The van der Waals surface area contributed by atoms with E-state index in [2.05, 4.69) is 24.5 Å². The lowest BCUT2D eigenvalue weighted by molar-refractivity contribution is -0.120. The van der Waals surface area contributed by atoms with Crippen LogP contribution in [0.3, 0.4) is 0 Å². The van der Waals surface area contributed by atoms with Crippen LogP contribution in [0.4, 0.5) is 4.39 Å². The van der Waals surface area contributed by atoms with Crippen molar-refractivity contribution in [2.75, 3.05) is 26.3 Å². The summed E-state index contributed by atoms with van der Waals surface area (Å²) in [6, 6.07) is 12.3. The predicted molar refractivity (Wildman–Crippen MR) is 111 cm³/mol. The summed E-state index contributed by atoms with van der Waals surface area (Å²) in [7, 11) is 0. The Bertz CT molecular complexity index is 808. The number of carbonyl (C=O) groups excluding carboxylic acids is 1. The minimum atomic E-state index is -0.253. The molecular formula is C23H29FN2O3. The number of fused-ring (bicyclic) bond motifs is 1. The Labute approximate surface area is 171 Å². The van der Waals surface area contributed by atoms with E-state index < -0.39 is 0 Å². The number of hydrogen-bond donors (Lipinski definition) is 2. The van der Waals surface area contributed by atoms with Crippen LogP contribution in [-0.2, 0) is 11.2 Å². The zero-order valence-corrected chi connectivity index (χ0v) is 17.0. The summed E-state index contributed by atoms with van der Waals surface area (Å²) in [5.74, 6) is 1.51. The molecule has 0 fully saturated rings. The summed E-state index contributed by atoms with van der Waals surface area (Å²) < 4.78 is 24.4. The molecule has 0 aliphatic carbocycles. The van der Waals surface area contributed by atoms with Crippen molar-refractivity contribution in [3.63, 3.8) is 0 Å². The van der Waals surface area contributed by atoms with Crippen LogP contribution in [0.25, 0.3) is 0 Å². The van der Waals surface area contributed by atoms with Crippen LogP contribution in [-0.4, -0.2) is 32.2 Å². The molecule has 2 aromatic rings. The summed E-state index contributed by atoms with van der Waals surface area (Å²) in [4.78, 5) is 12.2. The summed E-state index contributed by atoms with van der Waals surface area (Å²) in [5.41, 5.74) is 2.07. The zero-order valence-electron chi connectivity index (χ0n) is 17.0. The quantitative estimate of drug-likeness (QED) is 0.710. The molecule has 0 spiro atoms. The van der Waals surface area contributed by atoms with Crippen molar-refractivity contribution in [2.24, 2.45) is 5.92 Å². The highest BCUT2D eigenvalue weighted by molar-refractivity contribution is 5.78. The van der Waals surface area contributed by atoms with E-state index in [0.717, 1.165) is 29.0 Å². The van der Waals surface area contributed by atoms with E-state index in [1.165, 1.54) is 12.1 Å². The molecule has 1 aliphatic rings. The van der Waals surface area contributed by atoms with Gasteiger partial charge in [-0.1, -0.05) is 32.0 Å². The molecule has 1 heterocycles. The maximum absolute atomic E-state index is 12.9. The van der Waals surface area contributed by atoms with Gasteiger partial charge in [0.2, 0.25) is 5.91 Å². The summed E-state index contributed by atoms with van der Waals surface area (Å²) in [6.07, 6.45) is 1.54. The van der Waals surface area contributed by atoms with E-state index in [4.69, 9.17) is 9.47 Å². The minimum absolute atomic E-state index is 0.0231. The number of rotatable bonds is 8. The molecule has 1 aliphatic heterocycles. The standard InChI is InChI=1S/C23H29FN2O3/c1-16(2)23(18-6-9-20-21(14-18)29-13-3-12-28-20)26-15-22(27)25-11-10-17-4-7-19(24)8-5-17/h4-9,14,16,23,26H,3,10-13,15H2,1-2H3,(H,25,27)/t23-/m1/s1. The summed E-state index contributed by atoms with van der Waals surface area (Å²) in [6.45, 7) is 6.28. The number of halogens is 1. The fourth-order valence-electron chi connectivity index (χ4n) is 3.37. The predicted octanol–water partition coefficient (Wildman–Crippen LogP) is 3.63. The number of ether oxygens (including phenoxy) is 2. The van der Waals surface area contributed by atoms with Gasteiger partial charge in [0.1, 0.15) is 5.82 Å². The van der Waals surface area contributed by atoms with Crippen molar-refractivity contribution in [1.82, 2.24) is 10.6 Å². The van der Waals surface area contributed by atoms with Crippen molar-refractivity contribution in [3.8, 4) is 11.5 Å². The van der Waals surface area contributed by atoms with Gasteiger partial charge in [0.05, 0.1) is 19.8 Å². The van der Waals surface area contributed by atoms with Crippen LogP contribution >= 0.6 is 0 Å². The summed E-state index contributed by atoms with van der Waals surface area (Å²) in [5, 5.41) is 6.27. The third-order valence-electron chi connectivity index (χ3n) is 4.93. The molecule has 0 saturated heterocycles. The molecule has 156 valence electrons. The second-order valence-corrected chi connectivity index (χ2v) is 7.59. The maximum atomic E-state index is 12.9. The highest BCUT2D eigenvalue weighted by Crippen LogP contribution is 2.34. The average molecular weight is 400 g/mol. The van der Waals surface area contributed by atoms with Gasteiger partial charge in [0.15, 0.2) is 11.5 Å². The Morgan fingerprint density at radius 3 is 2.52 bits per heavy atom. The van der Waals surface area contributed by atoms with Gasteiger partial charge in [-0.05, 0) is 47.7 Å². The topological polar surface area (TPSA) is 59.6 Å². The van der Waals surface area contributed by atoms with Crippen LogP contribution in [0.15, 0.2) is 42.5 Å². The van der Waals surface area contributed by atoms with Crippen molar-refractivity contribution >= 4 is 5.91 Å². The lowest BCUT2D eigenvalue weighted by Gasteiger charge is -2.23. The number of carbonyl (C=O) groups is 1. The van der Waals surface area contributed by atoms with E-state index in [0.29, 0.717) is 32.1 Å². The summed E-state index contributed by atoms with van der Waals surface area (Å²) >= 11 is 0. The van der Waals surface area contributed by atoms with E-state index >= 15 is 0 Å². The molecule has 1 amide bonds. The first-order valence-corrected chi connectivity index (χ1v) is 10.2. The van der Waals surface area contributed by atoms with Crippen molar-refractivity contribution in [3.05, 3.63) is 59.4 Å². The maximum Gasteiger partial charge on any atom is 0.233 e. The largest absolute Gasteiger partial charge is 0.490 e. The Kier molecular flexibility index (Phi) is 7.47. The van der Waals surface area contributed by atoms with Gasteiger partial charge < -0.3 is 20.1 Å². The molecule has 0 aromatic heterocycles. The second kappa shape index (κ2) is 10.3. The van der Waals surface area contributed by atoms with Gasteiger partial charge in [-0.2, -0.15) is 0 Å². The third-order valence-corrected chi connectivity index (χ3v) is 4.93. The molecule has 0 radical (unpaired) electrons. The van der Waals surface area contributed by atoms with Crippen LogP contribution in [0, 0.1) is 11.7 Å². The van der Waals surface area contributed by atoms with Crippen molar-refractivity contribution in [2.45, 2.75) is 32.7 Å². The van der Waals surface area contributed by atoms with Gasteiger partial charge in [-0.3, -0.25) is 4.79 Å². The average Bonchev–Trinajstić information content (AvgIpc) is 2.94. The second-order valence-electron chi connectivity index (χ2n) is 7.59. The Morgan fingerprint density at radius 2 is 1.79 bits per heavy atom. The molecule has 2 N–H and O–H groups in total. The molecule has 1 atom stereocenters. The van der Waals surface area contributed by atoms with Crippen LogP contribution < -0.4 is 20.1 Å². The van der Waals surface area contributed by atoms with Crippen molar-refractivity contribution in [1.29, 1.82) is 0 Å². The first kappa shape index (κ1) is 21.1. The lowest BCUT2D eigenvalue weighted by Crippen LogP contribution is -2.38. The van der Waals surface area contributed by atoms with Crippen LogP contribution in [0.5, 0.6) is 11.5 Å². The molecule has 2 aromatic carbocycles. The van der Waals surface area contributed by atoms with E-state index in [9.17, 15) is 9.18 Å². The van der Waals surface area contributed by atoms with Gasteiger partial charge in [0.25, 0.3) is 0 Å². The number of hydrogen-bond acceptors (Lipinski definition) is 4. The first-order valence-electron chi connectivity index (χ1n) is 10.2. The number of nitrogens with one attached hydrogen (secondary N) is 2. The molecule has 29 heavy (non-hydrogen) atoms. The van der Waals surface area contributed by atoms with E-state index in [1.807, 2.05) is 18.2 Å². The number of benzene rings is 2. The highest BCUT2D eigenvalue weighted by Gasteiger charge is 2.19. The normalized spacial score (nSPS) is 14.3. The smallest absolute Gasteiger partial charge is 0.233 e. The monoisotopic (exact) mass is 400 g/mol. The zero-order chi connectivity index (χ0) is 20.6. The van der Waals surface area contributed by atoms with Gasteiger partial charge in [0, 0.05) is 19.0 Å². The molecular weight excluding hydrogens is 371 g/mol. The molecule has 3 rings (SSSR count). The Hall–Kier alpha value is -2.60. The first-order chi connectivity index (χ1) is 14.0. The van der Waals surface area contributed by atoms with E-state index in [-0.39, 0.29) is 24.3 Å². The fraction of sp³-hybridized carbons (Fsp3) is 0.435. The highest BCUT2D eigenvalue weighted by atomic mass is 19.1. The van der Waals surface area contributed by atoms with Crippen LogP contribution in [0.1, 0.15) is 37.4 Å². The third kappa shape index (κ3) is 6.19. The van der Waals surface area contributed by atoms with Gasteiger partial charge in [-0.15, -0.1) is 0 Å². The van der Waals surface area contributed by atoms with Gasteiger partial charge in [-0.25, -0.2) is 4.39 Å². The Balaban J connectivity index is 1.52. The molecule has 0 saturated carbocycles. The SMILES string of the molecule is CC(C)[C@@H](NCC(=O)NCCc1ccc(F)cc1)c1ccc2c(c1)OCCCO2. The van der Waals surface area contributed by atoms with Crippen molar-refractivity contribution < 1.29 is 18.7 Å². The number of amides is 1. The van der Waals surface area contributed by atoms with Gasteiger partial charge >= 0.3 is 0 Å². The molecule has 5 nitrogen and oxygen atoms in total. The fourth-order valence-corrected chi connectivity index (χ4v) is 3.37. The Morgan fingerprint density at radius 1 is 1.07 bits per heavy atom. The lowest BCUT2D eigenvalue weighted by atomic mass is 9.95. The molecule has 0 unspecified atom stereocenters. The molecule has 0 bridgehead atoms. The van der Waals surface area contributed by atoms with Crippen LogP contribution in [0.2, 0.25) is 0 Å². The van der Waals surface area contributed by atoms with E-state index in [1.54, 1.807) is 12.1 Å².